The number of carbonyl (C=O) groups excluding carboxylic acids is 1. The predicted molar refractivity (Wildman–Crippen MR) is 90.6 cm³/mol. The molecule has 3 rings (SSSR count). The van der Waals surface area contributed by atoms with Crippen LogP contribution >= 0.6 is 0 Å². The second-order valence-electron chi connectivity index (χ2n) is 5.17. The molecule has 0 fully saturated rings. The highest BCUT2D eigenvalue weighted by Crippen LogP contribution is 2.21. The van der Waals surface area contributed by atoms with Crippen molar-refractivity contribution < 1.29 is 9.53 Å². The zero-order chi connectivity index (χ0) is 16.8. The van der Waals surface area contributed by atoms with Crippen molar-refractivity contribution in [2.24, 2.45) is 0 Å². The van der Waals surface area contributed by atoms with E-state index in [1.54, 1.807) is 18.5 Å². The van der Waals surface area contributed by atoms with Gasteiger partial charge in [0.2, 0.25) is 0 Å². The largest absolute Gasteiger partial charge is 0.494 e. The van der Waals surface area contributed by atoms with Crippen molar-refractivity contribution in [1.29, 1.82) is 0 Å². The fourth-order valence-electron chi connectivity index (χ4n) is 2.25. The number of nitrogens with one attached hydrogen (secondary N) is 2. The molecule has 2 heterocycles. The molecule has 0 saturated heterocycles. The number of aromatic nitrogens is 3. The zero-order valence-electron chi connectivity index (χ0n) is 13.3. The molecule has 24 heavy (non-hydrogen) atoms. The van der Waals surface area contributed by atoms with Crippen LogP contribution in [0.1, 0.15) is 23.0 Å². The van der Waals surface area contributed by atoms with Gasteiger partial charge in [0, 0.05) is 24.5 Å². The summed E-state index contributed by atoms with van der Waals surface area (Å²) in [6.07, 6.45) is 3.42. The first-order chi connectivity index (χ1) is 11.8. The number of ether oxygens (including phenoxy) is 1. The van der Waals surface area contributed by atoms with E-state index in [2.05, 4.69) is 20.5 Å². The second kappa shape index (κ2) is 7.41. The Morgan fingerprint density at radius 1 is 1.25 bits per heavy atom. The molecule has 3 aromatic rings. The molecule has 0 atom stereocenters. The third-order valence-electron chi connectivity index (χ3n) is 3.46. The van der Waals surface area contributed by atoms with Gasteiger partial charge in [0.15, 0.2) is 0 Å². The summed E-state index contributed by atoms with van der Waals surface area (Å²) in [7, 11) is 0. The Balaban J connectivity index is 1.65. The van der Waals surface area contributed by atoms with Crippen LogP contribution in [0.15, 0.2) is 54.9 Å². The molecule has 0 aliphatic rings. The molecule has 2 aromatic heterocycles. The highest BCUT2D eigenvalue weighted by Gasteiger charge is 2.11. The number of hydrogen-bond donors (Lipinski definition) is 2. The lowest BCUT2D eigenvalue weighted by Crippen LogP contribution is -2.23. The number of pyridine rings is 1. The van der Waals surface area contributed by atoms with E-state index in [1.807, 2.05) is 43.3 Å². The number of aromatic amines is 1. The Labute approximate surface area is 139 Å². The normalized spacial score (nSPS) is 10.4. The van der Waals surface area contributed by atoms with E-state index >= 15 is 0 Å². The van der Waals surface area contributed by atoms with Gasteiger partial charge in [0.1, 0.15) is 11.4 Å². The lowest BCUT2D eigenvalue weighted by Gasteiger charge is -2.03. The molecular formula is C18H18N4O2. The fourth-order valence-corrected chi connectivity index (χ4v) is 2.25. The van der Waals surface area contributed by atoms with E-state index in [9.17, 15) is 4.79 Å². The van der Waals surface area contributed by atoms with Crippen molar-refractivity contribution in [3.05, 3.63) is 66.1 Å². The number of benzene rings is 1. The second-order valence-corrected chi connectivity index (χ2v) is 5.17. The lowest BCUT2D eigenvalue weighted by molar-refractivity contribution is 0.0946. The van der Waals surface area contributed by atoms with Crippen LogP contribution in [0.3, 0.4) is 0 Å². The molecule has 6 heteroatoms. The third-order valence-corrected chi connectivity index (χ3v) is 3.46. The Morgan fingerprint density at radius 2 is 2.08 bits per heavy atom. The molecule has 0 radical (unpaired) electrons. The van der Waals surface area contributed by atoms with E-state index in [0.29, 0.717) is 24.5 Å². The highest BCUT2D eigenvalue weighted by molar-refractivity contribution is 5.93. The van der Waals surface area contributed by atoms with E-state index in [-0.39, 0.29) is 5.91 Å². The summed E-state index contributed by atoms with van der Waals surface area (Å²) >= 11 is 0. The SMILES string of the molecule is CCOc1ccc(-c2cc(C(=O)NCc3cccnc3)[nH]n2)cc1. The van der Waals surface area contributed by atoms with E-state index in [4.69, 9.17) is 4.74 Å². The van der Waals surface area contributed by atoms with Gasteiger partial charge in [-0.1, -0.05) is 6.07 Å². The van der Waals surface area contributed by atoms with Crippen LogP contribution in [0.4, 0.5) is 0 Å². The highest BCUT2D eigenvalue weighted by atomic mass is 16.5. The Bertz CT molecular complexity index is 797. The monoisotopic (exact) mass is 322 g/mol. The molecule has 0 saturated carbocycles. The minimum absolute atomic E-state index is 0.205. The molecule has 122 valence electrons. The molecule has 6 nitrogen and oxygen atoms in total. The maximum atomic E-state index is 12.2. The van der Waals surface area contributed by atoms with Gasteiger partial charge in [-0.2, -0.15) is 5.10 Å². The van der Waals surface area contributed by atoms with Gasteiger partial charge in [-0.15, -0.1) is 0 Å². The van der Waals surface area contributed by atoms with Crippen molar-refractivity contribution in [2.45, 2.75) is 13.5 Å². The van der Waals surface area contributed by atoms with Crippen molar-refractivity contribution in [3.8, 4) is 17.0 Å². The van der Waals surface area contributed by atoms with Gasteiger partial charge in [-0.05, 0) is 48.9 Å². The first-order valence-electron chi connectivity index (χ1n) is 7.72. The Kier molecular flexibility index (Phi) is 4.86. The van der Waals surface area contributed by atoms with Crippen LogP contribution in [-0.4, -0.2) is 27.7 Å². The molecule has 2 N–H and O–H groups in total. The van der Waals surface area contributed by atoms with Gasteiger partial charge in [0.05, 0.1) is 12.3 Å². The average molecular weight is 322 g/mol. The summed E-state index contributed by atoms with van der Waals surface area (Å²) in [5.74, 6) is 0.606. The first kappa shape index (κ1) is 15.7. The average Bonchev–Trinajstić information content (AvgIpc) is 3.12. The van der Waals surface area contributed by atoms with Gasteiger partial charge < -0.3 is 10.1 Å². The molecule has 1 amide bonds. The van der Waals surface area contributed by atoms with Crippen molar-refractivity contribution in [2.75, 3.05) is 6.61 Å². The molecule has 0 spiro atoms. The van der Waals surface area contributed by atoms with Gasteiger partial charge in [-0.25, -0.2) is 0 Å². The van der Waals surface area contributed by atoms with Crippen LogP contribution in [0.2, 0.25) is 0 Å². The molecule has 1 aromatic carbocycles. The zero-order valence-corrected chi connectivity index (χ0v) is 13.3. The van der Waals surface area contributed by atoms with Gasteiger partial charge in [-0.3, -0.25) is 14.9 Å². The number of nitrogens with zero attached hydrogens (tertiary/aromatic N) is 2. The smallest absolute Gasteiger partial charge is 0.269 e. The first-order valence-corrected chi connectivity index (χ1v) is 7.72. The number of carbonyl (C=O) groups is 1. The molecule has 0 aliphatic carbocycles. The van der Waals surface area contributed by atoms with Crippen LogP contribution < -0.4 is 10.1 Å². The third kappa shape index (κ3) is 3.78. The minimum atomic E-state index is -0.205. The van der Waals surface area contributed by atoms with Crippen LogP contribution in [0, 0.1) is 0 Å². The summed E-state index contributed by atoms with van der Waals surface area (Å²) in [6, 6.07) is 13.1. The number of H-pyrrole nitrogens is 1. The van der Waals surface area contributed by atoms with Crippen LogP contribution in [-0.2, 0) is 6.54 Å². The van der Waals surface area contributed by atoms with Crippen molar-refractivity contribution in [1.82, 2.24) is 20.5 Å². The summed E-state index contributed by atoms with van der Waals surface area (Å²) in [6.45, 7) is 2.99. The molecular weight excluding hydrogens is 304 g/mol. The molecule has 0 bridgehead atoms. The molecule has 0 unspecified atom stereocenters. The van der Waals surface area contributed by atoms with E-state index in [1.165, 1.54) is 0 Å². The Morgan fingerprint density at radius 3 is 2.79 bits per heavy atom. The molecule has 0 aliphatic heterocycles. The Hall–Kier alpha value is -3.15. The number of hydrogen-bond acceptors (Lipinski definition) is 4. The number of amides is 1. The summed E-state index contributed by atoms with van der Waals surface area (Å²) in [5.41, 5.74) is 2.99. The van der Waals surface area contributed by atoms with Crippen LogP contribution in [0.5, 0.6) is 5.75 Å². The van der Waals surface area contributed by atoms with Gasteiger partial charge >= 0.3 is 0 Å². The minimum Gasteiger partial charge on any atom is -0.494 e. The predicted octanol–water partition coefficient (Wildman–Crippen LogP) is 2.80. The van der Waals surface area contributed by atoms with Crippen LogP contribution in [0.25, 0.3) is 11.3 Å². The fraction of sp³-hybridized carbons (Fsp3) is 0.167. The van der Waals surface area contributed by atoms with E-state index < -0.39 is 0 Å². The van der Waals surface area contributed by atoms with Crippen molar-refractivity contribution >= 4 is 5.91 Å². The topological polar surface area (TPSA) is 79.9 Å². The lowest BCUT2D eigenvalue weighted by atomic mass is 10.1. The maximum Gasteiger partial charge on any atom is 0.269 e. The summed E-state index contributed by atoms with van der Waals surface area (Å²) in [5, 5.41) is 9.81. The van der Waals surface area contributed by atoms with E-state index in [0.717, 1.165) is 16.9 Å². The summed E-state index contributed by atoms with van der Waals surface area (Å²) < 4.78 is 5.42. The maximum absolute atomic E-state index is 12.2. The number of rotatable bonds is 6. The van der Waals surface area contributed by atoms with Crippen molar-refractivity contribution in [3.63, 3.8) is 0 Å². The van der Waals surface area contributed by atoms with Gasteiger partial charge in [0.25, 0.3) is 5.91 Å². The quantitative estimate of drug-likeness (QED) is 0.731. The standard InChI is InChI=1S/C18H18N4O2/c1-2-24-15-7-5-14(6-8-15)16-10-17(22-21-16)18(23)20-12-13-4-3-9-19-11-13/h3-11H,2,12H2,1H3,(H,20,23)(H,21,22). The summed E-state index contributed by atoms with van der Waals surface area (Å²) in [4.78, 5) is 16.2.